The number of halogens is 1. The highest BCUT2D eigenvalue weighted by Gasteiger charge is 2.23. The topological polar surface area (TPSA) is 21.7 Å². The lowest BCUT2D eigenvalue weighted by Crippen LogP contribution is -2.23. The first kappa shape index (κ1) is 17.1. The van der Waals surface area contributed by atoms with Crippen molar-refractivity contribution in [3.63, 3.8) is 0 Å². The van der Waals surface area contributed by atoms with Crippen LogP contribution in [0.3, 0.4) is 0 Å². The minimum absolute atomic E-state index is 0.565. The lowest BCUT2D eigenvalue weighted by Gasteiger charge is -2.21. The molecule has 132 valence electrons. The van der Waals surface area contributed by atoms with Gasteiger partial charge in [0.25, 0.3) is 0 Å². The Balaban J connectivity index is 1.30. The van der Waals surface area contributed by atoms with Crippen molar-refractivity contribution in [2.24, 2.45) is 0 Å². The van der Waals surface area contributed by atoms with Gasteiger partial charge < -0.3 is 14.4 Å². The quantitative estimate of drug-likeness (QED) is 0.706. The number of hydrogen-bond acceptors (Lipinski definition) is 4. The Labute approximate surface area is 158 Å². The van der Waals surface area contributed by atoms with Crippen molar-refractivity contribution in [1.29, 1.82) is 0 Å². The molecule has 0 amide bonds. The molecular weight excluding hydrogens is 354 g/mol. The summed E-state index contributed by atoms with van der Waals surface area (Å²) in [5.41, 5.74) is 1.47. The summed E-state index contributed by atoms with van der Waals surface area (Å²) < 4.78 is 11.2. The monoisotopic (exact) mass is 375 g/mol. The van der Waals surface area contributed by atoms with Gasteiger partial charge in [0.1, 0.15) is 18.2 Å². The summed E-state index contributed by atoms with van der Waals surface area (Å²) in [6.07, 6.45) is 1.25. The summed E-state index contributed by atoms with van der Waals surface area (Å²) in [6, 6.07) is 14.9. The highest BCUT2D eigenvalue weighted by atomic mass is 35.5. The molecule has 0 aromatic heterocycles. The van der Waals surface area contributed by atoms with Crippen molar-refractivity contribution in [2.75, 3.05) is 38.6 Å². The van der Waals surface area contributed by atoms with Crippen molar-refractivity contribution in [3.8, 4) is 11.5 Å². The molecular formula is C20H22ClNO2S. The van der Waals surface area contributed by atoms with Crippen LogP contribution in [-0.4, -0.2) is 43.5 Å². The molecule has 0 radical (unpaired) electrons. The molecule has 2 aliphatic rings. The molecule has 4 rings (SSSR count). The Morgan fingerprint density at radius 3 is 2.80 bits per heavy atom. The highest BCUT2D eigenvalue weighted by Crippen LogP contribution is 2.43. The molecule has 0 aliphatic carbocycles. The Morgan fingerprint density at radius 2 is 1.92 bits per heavy atom. The fourth-order valence-corrected chi connectivity index (χ4v) is 4.82. The summed E-state index contributed by atoms with van der Waals surface area (Å²) in [5, 5.41) is 0.686. The first-order valence-corrected chi connectivity index (χ1v) is 10.2. The standard InChI is InChI=1S/C20H22ClNO2S/c21-19-18(7-6-17-20(19)24-12-11-23-17)25-13-10-22-9-8-16(14-22)15-4-2-1-3-5-15/h1-7,16H,8-14H2. The van der Waals surface area contributed by atoms with Crippen LogP contribution in [0.15, 0.2) is 47.4 Å². The van der Waals surface area contributed by atoms with Crippen LogP contribution in [-0.2, 0) is 0 Å². The number of hydrogen-bond donors (Lipinski definition) is 0. The van der Waals surface area contributed by atoms with E-state index in [9.17, 15) is 0 Å². The molecule has 0 N–H and O–H groups in total. The van der Waals surface area contributed by atoms with Gasteiger partial charge in [0, 0.05) is 23.7 Å². The largest absolute Gasteiger partial charge is 0.486 e. The highest BCUT2D eigenvalue weighted by molar-refractivity contribution is 7.99. The van der Waals surface area contributed by atoms with Crippen LogP contribution in [0.2, 0.25) is 5.02 Å². The van der Waals surface area contributed by atoms with Crippen LogP contribution in [0.5, 0.6) is 11.5 Å². The number of thioether (sulfide) groups is 1. The number of fused-ring (bicyclic) bond motifs is 1. The van der Waals surface area contributed by atoms with E-state index >= 15 is 0 Å². The zero-order valence-corrected chi connectivity index (χ0v) is 15.7. The predicted molar refractivity (Wildman–Crippen MR) is 103 cm³/mol. The third-order valence-corrected chi connectivity index (χ3v) is 6.35. The number of nitrogens with zero attached hydrogens (tertiary/aromatic N) is 1. The second-order valence-electron chi connectivity index (χ2n) is 6.45. The molecule has 5 heteroatoms. The molecule has 2 heterocycles. The molecule has 0 spiro atoms. The molecule has 2 aliphatic heterocycles. The molecule has 0 bridgehead atoms. The molecule has 1 fully saturated rings. The van der Waals surface area contributed by atoms with Gasteiger partial charge in [0.2, 0.25) is 0 Å². The van der Waals surface area contributed by atoms with E-state index in [1.165, 1.54) is 18.5 Å². The molecule has 0 saturated carbocycles. The summed E-state index contributed by atoms with van der Waals surface area (Å²) in [6.45, 7) is 4.57. The second kappa shape index (κ2) is 7.90. The van der Waals surface area contributed by atoms with Gasteiger partial charge >= 0.3 is 0 Å². The molecule has 2 aromatic rings. The number of ether oxygens (including phenoxy) is 2. The van der Waals surface area contributed by atoms with Crippen LogP contribution in [0.25, 0.3) is 0 Å². The predicted octanol–water partition coefficient (Wildman–Crippen LogP) is 4.69. The van der Waals surface area contributed by atoms with E-state index in [-0.39, 0.29) is 0 Å². The number of likely N-dealkylation sites (tertiary alicyclic amines) is 1. The summed E-state index contributed by atoms with van der Waals surface area (Å²) in [4.78, 5) is 3.63. The smallest absolute Gasteiger partial charge is 0.181 e. The fourth-order valence-electron chi connectivity index (χ4n) is 3.49. The minimum atomic E-state index is 0.565. The number of rotatable bonds is 5. The second-order valence-corrected chi connectivity index (χ2v) is 7.96. The fraction of sp³-hybridized carbons (Fsp3) is 0.400. The van der Waals surface area contributed by atoms with E-state index in [1.807, 2.05) is 12.1 Å². The van der Waals surface area contributed by atoms with Crippen molar-refractivity contribution in [2.45, 2.75) is 17.2 Å². The maximum absolute atomic E-state index is 6.49. The normalized spacial score (nSPS) is 20.0. The van der Waals surface area contributed by atoms with Gasteiger partial charge in [-0.15, -0.1) is 11.8 Å². The van der Waals surface area contributed by atoms with Gasteiger partial charge in [-0.3, -0.25) is 0 Å². The molecule has 1 saturated heterocycles. The minimum Gasteiger partial charge on any atom is -0.486 e. The van der Waals surface area contributed by atoms with Crippen LogP contribution in [0.1, 0.15) is 17.9 Å². The van der Waals surface area contributed by atoms with E-state index in [1.54, 1.807) is 11.8 Å². The average Bonchev–Trinajstić information content (AvgIpc) is 3.13. The average molecular weight is 376 g/mol. The van der Waals surface area contributed by atoms with Crippen molar-refractivity contribution < 1.29 is 9.47 Å². The van der Waals surface area contributed by atoms with Crippen molar-refractivity contribution in [3.05, 3.63) is 53.1 Å². The van der Waals surface area contributed by atoms with E-state index in [2.05, 4.69) is 35.2 Å². The third kappa shape index (κ3) is 3.91. The maximum atomic E-state index is 6.49. The van der Waals surface area contributed by atoms with Gasteiger partial charge in [-0.2, -0.15) is 0 Å². The van der Waals surface area contributed by atoms with Gasteiger partial charge in [-0.05, 0) is 36.6 Å². The Bertz CT molecular complexity index is 725. The number of benzene rings is 2. The molecule has 2 aromatic carbocycles. The lowest BCUT2D eigenvalue weighted by molar-refractivity contribution is 0.171. The zero-order chi connectivity index (χ0) is 17.1. The van der Waals surface area contributed by atoms with Crippen LogP contribution < -0.4 is 9.47 Å². The molecule has 25 heavy (non-hydrogen) atoms. The molecule has 1 unspecified atom stereocenters. The van der Waals surface area contributed by atoms with Gasteiger partial charge in [0.15, 0.2) is 11.5 Å². The summed E-state index contributed by atoms with van der Waals surface area (Å²) in [5.74, 6) is 3.15. The lowest BCUT2D eigenvalue weighted by atomic mass is 9.99. The summed E-state index contributed by atoms with van der Waals surface area (Å²) in [7, 11) is 0. The van der Waals surface area contributed by atoms with Crippen LogP contribution >= 0.6 is 23.4 Å². The van der Waals surface area contributed by atoms with E-state index in [0.29, 0.717) is 29.9 Å². The van der Waals surface area contributed by atoms with E-state index in [4.69, 9.17) is 21.1 Å². The van der Waals surface area contributed by atoms with Gasteiger partial charge in [0.05, 0.1) is 0 Å². The van der Waals surface area contributed by atoms with Crippen molar-refractivity contribution in [1.82, 2.24) is 4.90 Å². The first-order valence-electron chi connectivity index (χ1n) is 8.79. The van der Waals surface area contributed by atoms with Crippen molar-refractivity contribution >= 4 is 23.4 Å². The molecule has 3 nitrogen and oxygen atoms in total. The summed E-state index contributed by atoms with van der Waals surface area (Å²) >= 11 is 8.28. The van der Waals surface area contributed by atoms with E-state index in [0.717, 1.165) is 29.5 Å². The SMILES string of the molecule is Clc1c(SCCN2CCC(c3ccccc3)C2)ccc2c1OCCO2. The van der Waals surface area contributed by atoms with Gasteiger partial charge in [-0.1, -0.05) is 41.9 Å². The van der Waals surface area contributed by atoms with E-state index < -0.39 is 0 Å². The van der Waals surface area contributed by atoms with Crippen LogP contribution in [0, 0.1) is 0 Å². The van der Waals surface area contributed by atoms with Crippen LogP contribution in [0.4, 0.5) is 0 Å². The Kier molecular flexibility index (Phi) is 5.39. The zero-order valence-electron chi connectivity index (χ0n) is 14.1. The van der Waals surface area contributed by atoms with Gasteiger partial charge in [-0.25, -0.2) is 0 Å². The Hall–Kier alpha value is -1.36. The Morgan fingerprint density at radius 1 is 1.08 bits per heavy atom. The maximum Gasteiger partial charge on any atom is 0.181 e. The first-order chi connectivity index (χ1) is 12.3. The third-order valence-electron chi connectivity index (χ3n) is 4.82. The molecule has 1 atom stereocenters.